The fourth-order valence-electron chi connectivity index (χ4n) is 13.1. The standard InChI is InChI=1S/C44H64N2O7/c1-26(2)35-29(47)23-44(32(48)25-46(10)37(50)28-13-11-12-22-45-28)21-20-42(8)27(36(35)44)14-15-31-41(7)18-17-33(53-34(49)24-39(3,4)38(51)52)40(5,6)30(41)16-19-43(31,42)9/h11-13,22,26-27,30-33,48H,14-21,23-25H2,1-10H3,(H,51,52)/t27-,30?,31-,32+,33+,41+,42-,43-,44+/m1/s1. The first-order valence-electron chi connectivity index (χ1n) is 20.1. The van der Waals surface area contributed by atoms with Crippen LogP contribution in [0.4, 0.5) is 0 Å². The number of allylic oxidation sites excluding steroid dienone is 1. The molecule has 5 aliphatic rings. The molecular formula is C44H64N2O7. The Morgan fingerprint density at radius 2 is 1.66 bits per heavy atom. The van der Waals surface area contributed by atoms with Gasteiger partial charge in [-0.25, -0.2) is 0 Å². The predicted molar refractivity (Wildman–Crippen MR) is 203 cm³/mol. The van der Waals surface area contributed by atoms with Gasteiger partial charge in [0.2, 0.25) is 0 Å². The van der Waals surface area contributed by atoms with Crippen molar-refractivity contribution >= 4 is 23.6 Å². The third-order valence-corrected chi connectivity index (χ3v) is 16.2. The number of fused-ring (bicyclic) bond motifs is 7. The number of aliphatic hydroxyl groups excluding tert-OH is 1. The van der Waals surface area contributed by atoms with Crippen LogP contribution in [-0.2, 0) is 19.1 Å². The molecule has 6 rings (SSSR count). The summed E-state index contributed by atoms with van der Waals surface area (Å²) in [6, 6.07) is 5.25. The van der Waals surface area contributed by atoms with Gasteiger partial charge in [-0.1, -0.05) is 60.1 Å². The Kier molecular flexibility index (Phi) is 9.94. The zero-order chi connectivity index (χ0) is 39.1. The Labute approximate surface area is 316 Å². The Morgan fingerprint density at radius 3 is 2.28 bits per heavy atom. The topological polar surface area (TPSA) is 134 Å². The first kappa shape index (κ1) is 39.6. The average Bonchev–Trinajstić information content (AvgIpc) is 3.39. The molecule has 0 aliphatic heterocycles. The number of pyridine rings is 1. The lowest BCUT2D eigenvalue weighted by atomic mass is 9.33. The van der Waals surface area contributed by atoms with E-state index in [4.69, 9.17) is 4.74 Å². The molecule has 4 fully saturated rings. The Balaban J connectivity index is 1.28. The lowest BCUT2D eigenvalue weighted by Gasteiger charge is -2.72. The minimum Gasteiger partial charge on any atom is -0.481 e. The quantitative estimate of drug-likeness (QED) is 0.245. The van der Waals surface area contributed by atoms with Crippen LogP contribution in [-0.4, -0.2) is 69.5 Å². The summed E-state index contributed by atoms with van der Waals surface area (Å²) in [6.07, 6.45) is 7.96. The van der Waals surface area contributed by atoms with Crippen molar-refractivity contribution in [1.29, 1.82) is 0 Å². The van der Waals surface area contributed by atoms with Crippen LogP contribution in [0.25, 0.3) is 0 Å². The zero-order valence-corrected chi connectivity index (χ0v) is 33.9. The molecule has 5 aliphatic carbocycles. The number of carbonyl (C=O) groups excluding carboxylic acids is 3. The van der Waals surface area contributed by atoms with Crippen molar-refractivity contribution in [1.82, 2.24) is 9.88 Å². The van der Waals surface area contributed by atoms with E-state index in [1.165, 1.54) is 5.57 Å². The van der Waals surface area contributed by atoms with E-state index < -0.39 is 28.9 Å². The second-order valence-electron chi connectivity index (χ2n) is 20.0. The van der Waals surface area contributed by atoms with E-state index in [-0.39, 0.29) is 64.3 Å². The molecule has 1 amide bonds. The molecule has 1 heterocycles. The molecule has 1 unspecified atom stereocenters. The van der Waals surface area contributed by atoms with Crippen LogP contribution in [0.2, 0.25) is 0 Å². The number of carbonyl (C=O) groups is 4. The van der Waals surface area contributed by atoms with Gasteiger partial charge in [-0.15, -0.1) is 0 Å². The summed E-state index contributed by atoms with van der Waals surface area (Å²) < 4.78 is 6.15. The maximum Gasteiger partial charge on any atom is 0.309 e. The van der Waals surface area contributed by atoms with Gasteiger partial charge >= 0.3 is 11.9 Å². The molecule has 0 spiro atoms. The highest BCUT2D eigenvalue weighted by Gasteiger charge is 2.71. The second kappa shape index (κ2) is 13.3. The summed E-state index contributed by atoms with van der Waals surface area (Å²) in [5, 5.41) is 21.9. The summed E-state index contributed by atoms with van der Waals surface area (Å²) in [4.78, 5) is 58.1. The lowest BCUT2D eigenvalue weighted by Crippen LogP contribution is -2.66. The number of amides is 1. The summed E-state index contributed by atoms with van der Waals surface area (Å²) in [6.45, 7) is 19.5. The summed E-state index contributed by atoms with van der Waals surface area (Å²) in [5.41, 5.74) is 0.227. The van der Waals surface area contributed by atoms with Crippen molar-refractivity contribution in [3.8, 4) is 0 Å². The first-order valence-corrected chi connectivity index (χ1v) is 20.1. The molecule has 9 nitrogen and oxygen atoms in total. The fraction of sp³-hybridized carbons (Fsp3) is 0.750. The first-order chi connectivity index (χ1) is 24.6. The molecule has 0 bridgehead atoms. The van der Waals surface area contributed by atoms with Gasteiger partial charge in [0.05, 0.1) is 17.9 Å². The number of carboxylic acids is 1. The predicted octanol–water partition coefficient (Wildman–Crippen LogP) is 7.91. The number of hydrogen-bond acceptors (Lipinski definition) is 7. The third-order valence-electron chi connectivity index (χ3n) is 16.2. The average molecular weight is 733 g/mol. The zero-order valence-electron chi connectivity index (χ0n) is 33.9. The van der Waals surface area contributed by atoms with Crippen LogP contribution in [0.1, 0.15) is 137 Å². The number of aromatic nitrogens is 1. The minimum atomic E-state index is -1.18. The second-order valence-corrected chi connectivity index (χ2v) is 20.0. The molecule has 4 saturated carbocycles. The number of ether oxygens (including phenoxy) is 1. The molecule has 292 valence electrons. The summed E-state index contributed by atoms with van der Waals surface area (Å²) >= 11 is 0. The summed E-state index contributed by atoms with van der Waals surface area (Å²) in [5.74, 6) is -0.545. The van der Waals surface area contributed by atoms with Gasteiger partial charge in [-0.2, -0.15) is 0 Å². The van der Waals surface area contributed by atoms with Crippen molar-refractivity contribution in [2.24, 2.45) is 56.2 Å². The molecule has 0 radical (unpaired) electrons. The van der Waals surface area contributed by atoms with Crippen LogP contribution in [0, 0.1) is 56.2 Å². The number of ketones is 1. The highest BCUT2D eigenvalue weighted by atomic mass is 16.5. The van der Waals surface area contributed by atoms with Gasteiger partial charge in [0.1, 0.15) is 11.8 Å². The highest BCUT2D eigenvalue weighted by Crippen LogP contribution is 2.77. The van der Waals surface area contributed by atoms with E-state index >= 15 is 0 Å². The summed E-state index contributed by atoms with van der Waals surface area (Å²) in [7, 11) is 1.71. The van der Waals surface area contributed by atoms with Gasteiger partial charge in [0, 0.05) is 37.0 Å². The van der Waals surface area contributed by atoms with E-state index in [9.17, 15) is 29.4 Å². The molecule has 1 aromatic rings. The normalized spacial score (nSPS) is 36.9. The largest absolute Gasteiger partial charge is 0.481 e. The number of esters is 1. The molecule has 53 heavy (non-hydrogen) atoms. The Bertz CT molecular complexity index is 1680. The smallest absolute Gasteiger partial charge is 0.309 e. The van der Waals surface area contributed by atoms with Crippen molar-refractivity contribution < 1.29 is 34.1 Å². The maximum atomic E-state index is 14.1. The van der Waals surface area contributed by atoms with E-state index in [2.05, 4.69) is 53.5 Å². The Hall–Kier alpha value is -3.07. The number of likely N-dealkylation sites (N-methyl/N-ethyl adjacent to an activating group) is 1. The van der Waals surface area contributed by atoms with Gasteiger partial charge in [-0.05, 0) is 123 Å². The molecule has 0 aromatic carbocycles. The number of nitrogens with zero attached hydrogens (tertiary/aromatic N) is 2. The number of rotatable bonds is 9. The van der Waals surface area contributed by atoms with Crippen molar-refractivity contribution in [2.75, 3.05) is 13.6 Å². The lowest BCUT2D eigenvalue weighted by molar-refractivity contribution is -0.235. The molecule has 9 heteroatoms. The molecule has 2 N–H and O–H groups in total. The number of aliphatic hydroxyl groups is 1. The van der Waals surface area contributed by atoms with Gasteiger partial charge in [-0.3, -0.25) is 24.2 Å². The van der Waals surface area contributed by atoms with E-state index in [0.29, 0.717) is 30.4 Å². The molecule has 9 atom stereocenters. The number of Topliss-reactive ketones (excluding diaryl/α,β-unsaturated/α-hetero) is 1. The van der Waals surface area contributed by atoms with Crippen LogP contribution in [0.5, 0.6) is 0 Å². The molecule has 1 aromatic heterocycles. The number of carboxylic acid groups (broad SMARTS) is 1. The maximum absolute atomic E-state index is 14.1. The SMILES string of the molecule is CC(C)C1=C2[C@H]3CC[C@@H]4[C@@]5(C)CC[C@H](OC(=O)CC(C)(C)C(=O)O)C(C)(C)C5CC[C@@]4(C)[C@]3(C)CC[C@@]2([C@@H](O)CN(C)C(=O)c2ccccn2)CC1=O. The van der Waals surface area contributed by atoms with Gasteiger partial charge < -0.3 is 19.8 Å². The molecular weight excluding hydrogens is 668 g/mol. The van der Waals surface area contributed by atoms with E-state index in [1.54, 1.807) is 50.2 Å². The minimum absolute atomic E-state index is 0.00412. The van der Waals surface area contributed by atoms with E-state index in [0.717, 1.165) is 50.5 Å². The highest BCUT2D eigenvalue weighted by molar-refractivity contribution is 6.01. The van der Waals surface area contributed by atoms with Crippen molar-refractivity contribution in [2.45, 2.75) is 139 Å². The van der Waals surface area contributed by atoms with E-state index in [1.807, 2.05) is 0 Å². The number of aliphatic carboxylic acids is 1. The molecule has 0 saturated heterocycles. The third kappa shape index (κ3) is 6.01. The fourth-order valence-corrected chi connectivity index (χ4v) is 13.1. The number of hydrogen-bond donors (Lipinski definition) is 2. The van der Waals surface area contributed by atoms with Crippen molar-refractivity contribution in [3.63, 3.8) is 0 Å². The van der Waals surface area contributed by atoms with Crippen LogP contribution >= 0.6 is 0 Å². The van der Waals surface area contributed by atoms with Crippen LogP contribution in [0.3, 0.4) is 0 Å². The van der Waals surface area contributed by atoms with Gasteiger partial charge in [0.15, 0.2) is 5.78 Å². The van der Waals surface area contributed by atoms with Crippen molar-refractivity contribution in [3.05, 3.63) is 41.2 Å². The van der Waals surface area contributed by atoms with Gasteiger partial charge in [0.25, 0.3) is 5.91 Å². The monoisotopic (exact) mass is 732 g/mol. The Morgan fingerprint density at radius 1 is 0.962 bits per heavy atom. The van der Waals surface area contributed by atoms with Crippen LogP contribution < -0.4 is 0 Å². The van der Waals surface area contributed by atoms with Crippen LogP contribution in [0.15, 0.2) is 35.5 Å².